The normalized spacial score (nSPS) is 14.4. The summed E-state index contributed by atoms with van der Waals surface area (Å²) in [6, 6.07) is 21.1. The minimum Gasteiger partial charge on any atom is -0.491 e. The molecule has 2 N–H and O–H groups in total. The van der Waals surface area contributed by atoms with Gasteiger partial charge >= 0.3 is 5.97 Å². The largest absolute Gasteiger partial charge is 0.491 e. The molecule has 1 aliphatic heterocycles. The molecule has 0 bridgehead atoms. The maximum Gasteiger partial charge on any atom is 0.307 e. The van der Waals surface area contributed by atoms with E-state index in [1.54, 1.807) is 12.1 Å². The number of sulfonamides is 1. The monoisotopic (exact) mass is 716 g/mol. The zero-order valence-electron chi connectivity index (χ0n) is 27.5. The molecule has 0 aliphatic carbocycles. The Morgan fingerprint density at radius 3 is 2.44 bits per heavy atom. The molecule has 0 atom stereocenters. The second-order valence-electron chi connectivity index (χ2n) is 12.5. The van der Waals surface area contributed by atoms with Gasteiger partial charge in [0, 0.05) is 23.1 Å². The van der Waals surface area contributed by atoms with E-state index in [0.29, 0.717) is 35.1 Å². The van der Waals surface area contributed by atoms with Gasteiger partial charge in [-0.25, -0.2) is 8.42 Å². The molecule has 6 rings (SSSR count). The molecule has 2 heterocycles. The number of carbonyl (C=O) groups is 1. The number of rotatable bonds is 12. The first kappa shape index (κ1) is 35.0. The number of carboxylic acid groups (broad SMARTS) is 1. The summed E-state index contributed by atoms with van der Waals surface area (Å²) < 4.78 is 41.4. The number of aryl methyl sites for hydroxylation is 2. The van der Waals surface area contributed by atoms with Crippen LogP contribution in [0.1, 0.15) is 35.1 Å². The highest BCUT2D eigenvalue weighted by molar-refractivity contribution is 7.99. The van der Waals surface area contributed by atoms with E-state index >= 15 is 0 Å². The quantitative estimate of drug-likeness (QED) is 0.0992. The van der Waals surface area contributed by atoms with E-state index in [4.69, 9.17) is 9.15 Å². The molecule has 11 nitrogen and oxygen atoms in total. The third-order valence-electron chi connectivity index (χ3n) is 8.88. The number of furan rings is 1. The first-order chi connectivity index (χ1) is 23.8. The van der Waals surface area contributed by atoms with E-state index in [1.807, 2.05) is 55.9 Å². The van der Waals surface area contributed by atoms with Crippen molar-refractivity contribution in [1.29, 1.82) is 0 Å². The Balaban J connectivity index is 1.36. The molecule has 0 saturated carbocycles. The van der Waals surface area contributed by atoms with Crippen LogP contribution in [-0.4, -0.2) is 53.2 Å². The molecule has 13 heteroatoms. The number of aliphatic hydroxyl groups is 1. The number of nitro benzene ring substituents is 1. The predicted octanol–water partition coefficient (Wildman–Crippen LogP) is 7.28. The second kappa shape index (κ2) is 14.2. The van der Waals surface area contributed by atoms with Gasteiger partial charge in [0.15, 0.2) is 4.90 Å². The van der Waals surface area contributed by atoms with Crippen molar-refractivity contribution in [2.24, 2.45) is 0 Å². The molecule has 1 aromatic heterocycles. The first-order valence-electron chi connectivity index (χ1n) is 16.0. The first-order valence-corrected chi connectivity index (χ1v) is 18.6. The number of thioether (sulfide) groups is 1. The van der Waals surface area contributed by atoms with E-state index in [-0.39, 0.29) is 30.8 Å². The van der Waals surface area contributed by atoms with E-state index in [1.165, 1.54) is 36.6 Å². The second-order valence-corrected chi connectivity index (χ2v) is 15.6. The number of nitrogens with zero attached hydrogens (tertiary/aromatic N) is 2. The van der Waals surface area contributed by atoms with Crippen molar-refractivity contribution >= 4 is 50.1 Å². The van der Waals surface area contributed by atoms with Crippen molar-refractivity contribution < 1.29 is 37.5 Å². The van der Waals surface area contributed by atoms with Crippen molar-refractivity contribution in [3.8, 4) is 16.9 Å². The van der Waals surface area contributed by atoms with Crippen LogP contribution in [0.5, 0.6) is 5.75 Å². The molecule has 50 heavy (non-hydrogen) atoms. The predicted molar refractivity (Wildman–Crippen MR) is 192 cm³/mol. The summed E-state index contributed by atoms with van der Waals surface area (Å²) in [6.45, 7) is 3.98. The summed E-state index contributed by atoms with van der Waals surface area (Å²) in [6.07, 6.45) is 2.42. The van der Waals surface area contributed by atoms with Crippen LogP contribution in [0.15, 0.2) is 94.4 Å². The minimum atomic E-state index is -4.51. The van der Waals surface area contributed by atoms with Gasteiger partial charge in [-0.2, -0.15) is 11.8 Å². The maximum atomic E-state index is 14.3. The zero-order valence-corrected chi connectivity index (χ0v) is 29.1. The summed E-state index contributed by atoms with van der Waals surface area (Å²) in [4.78, 5) is 22.1. The van der Waals surface area contributed by atoms with E-state index in [0.717, 1.165) is 44.1 Å². The van der Waals surface area contributed by atoms with Crippen LogP contribution in [-0.2, 0) is 27.8 Å². The Hall–Kier alpha value is -4.85. The van der Waals surface area contributed by atoms with Crippen LogP contribution in [0, 0.1) is 24.0 Å². The average Bonchev–Trinajstić information content (AvgIpc) is 3.47. The van der Waals surface area contributed by atoms with Gasteiger partial charge in [0.2, 0.25) is 0 Å². The van der Waals surface area contributed by atoms with Crippen LogP contribution >= 0.6 is 11.8 Å². The van der Waals surface area contributed by atoms with Crippen LogP contribution in [0.25, 0.3) is 22.1 Å². The Labute approximate surface area is 293 Å². The molecular weight excluding hydrogens is 681 g/mol. The highest BCUT2D eigenvalue weighted by Crippen LogP contribution is 2.36. The number of fused-ring (bicyclic) bond motifs is 1. The van der Waals surface area contributed by atoms with Crippen molar-refractivity contribution in [3.63, 3.8) is 0 Å². The van der Waals surface area contributed by atoms with Gasteiger partial charge in [-0.3, -0.25) is 19.2 Å². The zero-order chi connectivity index (χ0) is 35.6. The van der Waals surface area contributed by atoms with Gasteiger partial charge in [0.25, 0.3) is 15.7 Å². The maximum absolute atomic E-state index is 14.3. The van der Waals surface area contributed by atoms with E-state index in [2.05, 4.69) is 0 Å². The fraction of sp³-hybridized carbons (Fsp3) is 0.270. The topological polar surface area (TPSA) is 160 Å². The van der Waals surface area contributed by atoms with Gasteiger partial charge < -0.3 is 19.4 Å². The molecule has 4 aromatic carbocycles. The number of aliphatic carboxylic acids is 1. The van der Waals surface area contributed by atoms with Crippen molar-refractivity contribution in [2.45, 2.75) is 50.2 Å². The number of carboxylic acids is 1. The number of hydrogen-bond acceptors (Lipinski definition) is 9. The van der Waals surface area contributed by atoms with Gasteiger partial charge in [0.1, 0.15) is 23.5 Å². The minimum absolute atomic E-state index is 0.174. The lowest BCUT2D eigenvalue weighted by Gasteiger charge is -2.31. The van der Waals surface area contributed by atoms with Crippen molar-refractivity contribution in [1.82, 2.24) is 0 Å². The fourth-order valence-electron chi connectivity index (χ4n) is 6.35. The number of nitro groups is 1. The molecule has 0 radical (unpaired) electrons. The van der Waals surface area contributed by atoms with Crippen LogP contribution in [0.3, 0.4) is 0 Å². The summed E-state index contributed by atoms with van der Waals surface area (Å²) in [5, 5.41) is 32.6. The number of hydrogen-bond donors (Lipinski definition) is 2. The van der Waals surface area contributed by atoms with Gasteiger partial charge in [0.05, 0.1) is 29.8 Å². The lowest BCUT2D eigenvalue weighted by molar-refractivity contribution is -0.387. The third kappa shape index (κ3) is 7.35. The molecule has 0 spiro atoms. The van der Waals surface area contributed by atoms with E-state index < -0.39 is 37.1 Å². The van der Waals surface area contributed by atoms with Crippen LogP contribution in [0.2, 0.25) is 0 Å². The number of para-hydroxylation sites is 1. The van der Waals surface area contributed by atoms with Gasteiger partial charge in [-0.1, -0.05) is 30.3 Å². The average molecular weight is 717 g/mol. The molecule has 0 amide bonds. The Morgan fingerprint density at radius 2 is 1.74 bits per heavy atom. The summed E-state index contributed by atoms with van der Waals surface area (Å²) in [5.41, 5.74) is 3.78. The smallest absolute Gasteiger partial charge is 0.307 e. The standard InChI is InChI=1S/C37H36N2O9S2/c1-24-16-30(48-23-37(42)12-14-49-15-13-37)17-25(2)36(24)27-7-5-6-26(18-27)21-38(50(45,46)34-9-4-3-8-32(34)39(43)44)29-10-11-31-28(19-35(40)41)22-47-33(31)20-29/h3-11,16-18,20,22,42H,12-15,19,21,23H2,1-2H3,(H,40,41). The van der Waals surface area contributed by atoms with Gasteiger partial charge in [-0.05, 0) is 102 Å². The van der Waals surface area contributed by atoms with Crippen LogP contribution in [0.4, 0.5) is 11.4 Å². The summed E-state index contributed by atoms with van der Waals surface area (Å²) in [7, 11) is -4.51. The van der Waals surface area contributed by atoms with Gasteiger partial charge in [-0.15, -0.1) is 0 Å². The van der Waals surface area contributed by atoms with Crippen LogP contribution < -0.4 is 9.04 Å². The molecule has 0 unspecified atom stereocenters. The fourth-order valence-corrected chi connectivity index (χ4v) is 9.21. The SMILES string of the molecule is Cc1cc(OCC2(O)CCSCC2)cc(C)c1-c1cccc(CN(c2ccc3c(CC(=O)O)coc3c2)S(=O)(=O)c2ccccc2[N+](=O)[O-])c1. The lowest BCUT2D eigenvalue weighted by atomic mass is 9.94. The number of anilines is 1. The molecule has 1 aliphatic rings. The summed E-state index contributed by atoms with van der Waals surface area (Å²) in [5.74, 6) is 1.42. The lowest BCUT2D eigenvalue weighted by Crippen LogP contribution is -2.39. The molecule has 260 valence electrons. The number of benzene rings is 4. The van der Waals surface area contributed by atoms with Crippen molar-refractivity contribution in [3.05, 3.63) is 117 Å². The highest BCUT2D eigenvalue weighted by Gasteiger charge is 2.33. The molecular formula is C37H36N2O9S2. The van der Waals surface area contributed by atoms with E-state index in [9.17, 15) is 33.5 Å². The number of ether oxygens (including phenoxy) is 1. The summed E-state index contributed by atoms with van der Waals surface area (Å²) >= 11 is 1.83. The third-order valence-corrected chi connectivity index (χ3v) is 11.7. The Bertz CT molecular complexity index is 2170. The van der Waals surface area contributed by atoms with Crippen molar-refractivity contribution in [2.75, 3.05) is 22.4 Å². The molecule has 1 saturated heterocycles. The molecule has 5 aromatic rings. The molecule has 1 fully saturated rings. The highest BCUT2D eigenvalue weighted by atomic mass is 32.2. The Morgan fingerprint density at radius 1 is 1.02 bits per heavy atom. The Kier molecular flexibility index (Phi) is 9.92.